The molecule has 0 atom stereocenters. The average molecular weight is 318 g/mol. The van der Waals surface area contributed by atoms with Crippen LogP contribution in [0.15, 0.2) is 40.5 Å². The highest BCUT2D eigenvalue weighted by Crippen LogP contribution is 2.29. The standard InChI is InChI=1S/C15H11FN2O3S/c16-9-3-1-8(2-4-9)7-17-14(20)11-12(19)13-10(5-6-22-13)18-15(11)21/h1-6H,7H2,(H,17,20)(H2,18,19,21). The molecule has 5 nitrogen and oxygen atoms in total. The monoisotopic (exact) mass is 318 g/mol. The smallest absolute Gasteiger partial charge is 0.265 e. The van der Waals surface area contributed by atoms with Crippen LogP contribution in [0.25, 0.3) is 10.2 Å². The first kappa shape index (κ1) is 14.3. The molecule has 0 aliphatic carbocycles. The lowest BCUT2D eigenvalue weighted by Gasteiger charge is -2.07. The van der Waals surface area contributed by atoms with Gasteiger partial charge in [0.2, 0.25) is 0 Å². The molecule has 7 heteroatoms. The molecule has 0 unspecified atom stereocenters. The molecule has 0 spiro atoms. The fraction of sp³-hybridized carbons (Fsp3) is 0.0667. The summed E-state index contributed by atoms with van der Waals surface area (Å²) in [5.41, 5.74) is 0.197. The number of pyridine rings is 1. The Kier molecular flexibility index (Phi) is 3.64. The minimum atomic E-state index is -0.682. The number of amides is 1. The van der Waals surface area contributed by atoms with Gasteiger partial charge in [0.1, 0.15) is 11.4 Å². The summed E-state index contributed by atoms with van der Waals surface area (Å²) >= 11 is 1.23. The lowest BCUT2D eigenvalue weighted by molar-refractivity contribution is 0.0947. The molecule has 1 amide bonds. The zero-order valence-electron chi connectivity index (χ0n) is 11.2. The molecular formula is C15H11FN2O3S. The van der Waals surface area contributed by atoms with Gasteiger partial charge >= 0.3 is 0 Å². The van der Waals surface area contributed by atoms with Gasteiger partial charge in [0.15, 0.2) is 5.75 Å². The second-order valence-electron chi connectivity index (χ2n) is 4.65. The Bertz CT molecular complexity index is 899. The first-order chi connectivity index (χ1) is 10.6. The van der Waals surface area contributed by atoms with Crippen LogP contribution in [0.2, 0.25) is 0 Å². The molecule has 3 aromatic rings. The van der Waals surface area contributed by atoms with Crippen LogP contribution < -0.4 is 10.9 Å². The molecule has 0 aliphatic heterocycles. The summed E-state index contributed by atoms with van der Waals surface area (Å²) in [5.74, 6) is -1.38. The second kappa shape index (κ2) is 5.61. The first-order valence-corrected chi connectivity index (χ1v) is 7.29. The van der Waals surface area contributed by atoms with Crippen LogP contribution in [-0.4, -0.2) is 16.0 Å². The van der Waals surface area contributed by atoms with Crippen molar-refractivity contribution < 1.29 is 14.3 Å². The molecule has 3 rings (SSSR count). The fourth-order valence-electron chi connectivity index (χ4n) is 2.08. The van der Waals surface area contributed by atoms with E-state index in [1.165, 1.54) is 35.6 Å². The summed E-state index contributed by atoms with van der Waals surface area (Å²) < 4.78 is 13.3. The van der Waals surface area contributed by atoms with Crippen LogP contribution in [0.3, 0.4) is 0 Å². The van der Waals surface area contributed by atoms with E-state index in [0.717, 1.165) is 0 Å². The molecule has 2 aromatic heterocycles. The summed E-state index contributed by atoms with van der Waals surface area (Å²) in [6.07, 6.45) is 0. The van der Waals surface area contributed by atoms with Gasteiger partial charge in [0.05, 0.1) is 10.2 Å². The number of hydrogen-bond donors (Lipinski definition) is 3. The molecule has 0 fully saturated rings. The van der Waals surface area contributed by atoms with E-state index < -0.39 is 11.5 Å². The van der Waals surface area contributed by atoms with Gasteiger partial charge in [-0.15, -0.1) is 11.3 Å². The van der Waals surface area contributed by atoms with Crippen LogP contribution in [0.1, 0.15) is 15.9 Å². The summed E-state index contributed by atoms with van der Waals surface area (Å²) in [7, 11) is 0. The number of rotatable bonds is 3. The van der Waals surface area contributed by atoms with Gasteiger partial charge in [-0.1, -0.05) is 12.1 Å². The van der Waals surface area contributed by atoms with Gasteiger partial charge in [0.25, 0.3) is 11.5 Å². The molecule has 0 radical (unpaired) electrons. The van der Waals surface area contributed by atoms with Gasteiger partial charge in [0, 0.05) is 6.54 Å². The predicted octanol–water partition coefficient (Wildman–Crippen LogP) is 2.36. The van der Waals surface area contributed by atoms with Gasteiger partial charge in [-0.2, -0.15) is 0 Å². The van der Waals surface area contributed by atoms with E-state index in [9.17, 15) is 19.1 Å². The maximum atomic E-state index is 12.8. The van der Waals surface area contributed by atoms with E-state index in [4.69, 9.17) is 0 Å². The van der Waals surface area contributed by atoms with Crippen molar-refractivity contribution in [3.63, 3.8) is 0 Å². The van der Waals surface area contributed by atoms with Gasteiger partial charge in [-0.3, -0.25) is 9.59 Å². The minimum absolute atomic E-state index is 0.125. The SMILES string of the molecule is O=C(NCc1ccc(F)cc1)c1c(O)c2sccc2[nH]c1=O. The number of benzene rings is 1. The van der Waals surface area contributed by atoms with E-state index in [1.807, 2.05) is 0 Å². The number of halogens is 1. The van der Waals surface area contributed by atoms with Gasteiger partial charge in [-0.25, -0.2) is 4.39 Å². The van der Waals surface area contributed by atoms with Crippen molar-refractivity contribution in [2.45, 2.75) is 6.54 Å². The van der Waals surface area contributed by atoms with E-state index >= 15 is 0 Å². The number of aromatic hydroxyl groups is 1. The quantitative estimate of drug-likeness (QED) is 0.693. The lowest BCUT2D eigenvalue weighted by atomic mass is 10.2. The molecular weight excluding hydrogens is 307 g/mol. The Morgan fingerprint density at radius 1 is 1.27 bits per heavy atom. The molecule has 0 bridgehead atoms. The Balaban J connectivity index is 1.86. The minimum Gasteiger partial charge on any atom is -0.505 e. The summed E-state index contributed by atoms with van der Waals surface area (Å²) in [5, 5.41) is 14.3. The topological polar surface area (TPSA) is 82.2 Å². The second-order valence-corrected chi connectivity index (χ2v) is 5.57. The van der Waals surface area contributed by atoms with E-state index in [2.05, 4.69) is 10.3 Å². The van der Waals surface area contributed by atoms with Crippen molar-refractivity contribution >= 4 is 27.5 Å². The highest BCUT2D eigenvalue weighted by molar-refractivity contribution is 7.17. The number of carbonyl (C=O) groups excluding carboxylic acids is 1. The fourth-order valence-corrected chi connectivity index (χ4v) is 2.88. The third kappa shape index (κ3) is 2.58. The molecule has 3 N–H and O–H groups in total. The summed E-state index contributed by atoms with van der Waals surface area (Å²) in [6.45, 7) is 0.125. The number of nitrogens with one attached hydrogen (secondary N) is 2. The Labute approximate surface area is 128 Å². The number of aromatic nitrogens is 1. The van der Waals surface area contributed by atoms with E-state index in [1.54, 1.807) is 11.4 Å². The number of aromatic amines is 1. The maximum Gasteiger partial charge on any atom is 0.265 e. The maximum absolute atomic E-state index is 12.8. The molecule has 0 aliphatic rings. The Morgan fingerprint density at radius 2 is 2.00 bits per heavy atom. The number of thiophene rings is 1. The third-order valence-electron chi connectivity index (χ3n) is 3.19. The van der Waals surface area contributed by atoms with Crippen LogP contribution >= 0.6 is 11.3 Å². The number of hydrogen-bond acceptors (Lipinski definition) is 4. The highest BCUT2D eigenvalue weighted by atomic mass is 32.1. The Hall–Kier alpha value is -2.67. The summed E-state index contributed by atoms with van der Waals surface area (Å²) in [4.78, 5) is 26.6. The van der Waals surface area contributed by atoms with E-state index in [-0.39, 0.29) is 23.7 Å². The number of fused-ring (bicyclic) bond motifs is 1. The summed E-state index contributed by atoms with van der Waals surface area (Å²) in [6, 6.07) is 7.28. The normalized spacial score (nSPS) is 10.8. The zero-order valence-corrected chi connectivity index (χ0v) is 12.0. The van der Waals surface area contributed by atoms with Crippen LogP contribution in [-0.2, 0) is 6.54 Å². The zero-order chi connectivity index (χ0) is 15.7. The first-order valence-electron chi connectivity index (χ1n) is 6.41. The van der Waals surface area contributed by atoms with Crippen molar-refractivity contribution in [1.29, 1.82) is 0 Å². The predicted molar refractivity (Wildman–Crippen MR) is 81.7 cm³/mol. The van der Waals surface area contributed by atoms with E-state index in [0.29, 0.717) is 15.8 Å². The van der Waals surface area contributed by atoms with Crippen molar-refractivity contribution in [3.8, 4) is 5.75 Å². The Morgan fingerprint density at radius 3 is 2.73 bits per heavy atom. The van der Waals surface area contributed by atoms with Gasteiger partial charge in [-0.05, 0) is 29.1 Å². The molecule has 2 heterocycles. The lowest BCUT2D eigenvalue weighted by Crippen LogP contribution is -2.29. The van der Waals surface area contributed by atoms with Crippen molar-refractivity contribution in [2.75, 3.05) is 0 Å². The molecule has 0 saturated carbocycles. The number of H-pyrrole nitrogens is 1. The third-order valence-corrected chi connectivity index (χ3v) is 4.11. The van der Waals surface area contributed by atoms with Crippen LogP contribution in [0, 0.1) is 5.82 Å². The highest BCUT2D eigenvalue weighted by Gasteiger charge is 2.19. The molecule has 0 saturated heterocycles. The number of carbonyl (C=O) groups is 1. The van der Waals surface area contributed by atoms with Crippen molar-refractivity contribution in [2.24, 2.45) is 0 Å². The van der Waals surface area contributed by atoms with Gasteiger partial charge < -0.3 is 15.4 Å². The van der Waals surface area contributed by atoms with Crippen LogP contribution in [0.5, 0.6) is 5.75 Å². The molecule has 1 aromatic carbocycles. The van der Waals surface area contributed by atoms with Crippen molar-refractivity contribution in [3.05, 3.63) is 63.0 Å². The molecule has 22 heavy (non-hydrogen) atoms. The van der Waals surface area contributed by atoms with Crippen LogP contribution in [0.4, 0.5) is 4.39 Å². The van der Waals surface area contributed by atoms with Crippen molar-refractivity contribution in [1.82, 2.24) is 10.3 Å². The average Bonchev–Trinajstić information content (AvgIpc) is 2.95. The molecule has 112 valence electrons. The largest absolute Gasteiger partial charge is 0.505 e.